The number of hydrogen-bond acceptors (Lipinski definition) is 6. The molecule has 1 aromatic rings. The first-order valence-corrected chi connectivity index (χ1v) is 6.65. The van der Waals surface area contributed by atoms with Crippen LogP contribution < -0.4 is 11.1 Å². The normalized spacial score (nSPS) is 24.9. The number of nitrogens with one attached hydrogen (secondary N) is 1. The Morgan fingerprint density at radius 1 is 1.62 bits per heavy atom. The van der Waals surface area contributed by atoms with Crippen LogP contribution in [0.3, 0.4) is 0 Å². The number of nitrogens with two attached hydrogens (primary N) is 1. The van der Waals surface area contributed by atoms with E-state index in [0.29, 0.717) is 18.2 Å². The maximum absolute atomic E-state index is 12.4. The van der Waals surface area contributed by atoms with Crippen molar-refractivity contribution in [2.24, 2.45) is 11.1 Å². The summed E-state index contributed by atoms with van der Waals surface area (Å²) in [7, 11) is 1.56. The highest BCUT2D eigenvalue weighted by Gasteiger charge is 2.45. The average Bonchev–Trinajstić information content (AvgIpc) is 2.96. The second kappa shape index (κ2) is 5.82. The lowest BCUT2D eigenvalue weighted by molar-refractivity contribution is -0.142. The molecule has 21 heavy (non-hydrogen) atoms. The first kappa shape index (κ1) is 15.5. The van der Waals surface area contributed by atoms with Gasteiger partial charge in [0.15, 0.2) is 5.82 Å². The third kappa shape index (κ3) is 3.22. The molecule has 2 amide bonds. The van der Waals surface area contributed by atoms with Gasteiger partial charge in [0.2, 0.25) is 11.8 Å². The topological polar surface area (TPSA) is 111 Å². The highest BCUT2D eigenvalue weighted by molar-refractivity contribution is 5.94. The quantitative estimate of drug-likeness (QED) is 0.792. The summed E-state index contributed by atoms with van der Waals surface area (Å²) in [5.41, 5.74) is 5.12. The second-order valence-electron chi connectivity index (χ2n) is 5.57. The van der Waals surface area contributed by atoms with Crippen molar-refractivity contribution in [1.82, 2.24) is 10.1 Å². The molecule has 2 heterocycles. The molecule has 0 bridgehead atoms. The lowest BCUT2D eigenvalue weighted by atomic mass is 9.84. The van der Waals surface area contributed by atoms with Gasteiger partial charge in [-0.25, -0.2) is 0 Å². The summed E-state index contributed by atoms with van der Waals surface area (Å²) < 4.78 is 10.1. The van der Waals surface area contributed by atoms with Crippen LogP contribution in [0.5, 0.6) is 0 Å². The molecule has 3 N–H and O–H groups in total. The van der Waals surface area contributed by atoms with Crippen LogP contribution >= 0.6 is 0 Å². The van der Waals surface area contributed by atoms with Gasteiger partial charge in [0.1, 0.15) is 5.76 Å². The zero-order valence-electron chi connectivity index (χ0n) is 12.4. The van der Waals surface area contributed by atoms with Crippen molar-refractivity contribution in [3.8, 4) is 0 Å². The van der Waals surface area contributed by atoms with Crippen LogP contribution in [0.1, 0.15) is 12.7 Å². The molecule has 1 aliphatic heterocycles. The van der Waals surface area contributed by atoms with E-state index in [1.54, 1.807) is 27.0 Å². The van der Waals surface area contributed by atoms with Gasteiger partial charge >= 0.3 is 0 Å². The smallest absolute Gasteiger partial charge is 0.245 e. The van der Waals surface area contributed by atoms with E-state index in [2.05, 4.69) is 10.5 Å². The minimum atomic E-state index is -0.792. The van der Waals surface area contributed by atoms with E-state index in [1.165, 1.54) is 4.90 Å². The maximum atomic E-state index is 12.4. The Morgan fingerprint density at radius 2 is 2.33 bits per heavy atom. The number of hydrogen-bond donors (Lipinski definition) is 2. The number of carbonyl (C=O) groups excluding carboxylic acids is 2. The number of aromatic nitrogens is 1. The van der Waals surface area contributed by atoms with E-state index in [4.69, 9.17) is 15.0 Å². The first-order valence-electron chi connectivity index (χ1n) is 6.65. The summed E-state index contributed by atoms with van der Waals surface area (Å²) in [5, 5.41) is 6.22. The summed E-state index contributed by atoms with van der Waals surface area (Å²) in [6.07, 6.45) is 0. The van der Waals surface area contributed by atoms with E-state index in [-0.39, 0.29) is 31.0 Å². The fourth-order valence-corrected chi connectivity index (χ4v) is 2.24. The monoisotopic (exact) mass is 296 g/mol. The van der Waals surface area contributed by atoms with Crippen molar-refractivity contribution < 1.29 is 18.8 Å². The van der Waals surface area contributed by atoms with Crippen molar-refractivity contribution in [1.29, 1.82) is 0 Å². The van der Waals surface area contributed by atoms with E-state index in [0.717, 1.165) is 0 Å². The molecular weight excluding hydrogens is 276 g/mol. The molecule has 1 aromatic heterocycles. The predicted octanol–water partition coefficient (Wildman–Crippen LogP) is -0.256. The number of carbonyl (C=O) groups is 2. The van der Waals surface area contributed by atoms with E-state index in [9.17, 15) is 9.59 Å². The summed E-state index contributed by atoms with van der Waals surface area (Å²) in [5.74, 6) is 0.357. The Labute approximate surface area is 122 Å². The van der Waals surface area contributed by atoms with Crippen LogP contribution in [0.15, 0.2) is 10.6 Å². The molecule has 2 atom stereocenters. The molecule has 8 nitrogen and oxygen atoms in total. The molecule has 1 aliphatic rings. The van der Waals surface area contributed by atoms with Gasteiger partial charge < -0.3 is 25.2 Å². The molecule has 8 heteroatoms. The van der Waals surface area contributed by atoms with Gasteiger partial charge in [0.25, 0.3) is 0 Å². The Hall–Kier alpha value is -1.93. The van der Waals surface area contributed by atoms with Crippen molar-refractivity contribution in [2.75, 3.05) is 32.1 Å². The lowest BCUT2D eigenvalue weighted by Gasteiger charge is -2.30. The molecule has 1 saturated heterocycles. The molecular formula is C13H20N4O4. The maximum Gasteiger partial charge on any atom is 0.245 e. The summed E-state index contributed by atoms with van der Waals surface area (Å²) in [6.45, 7) is 4.00. The molecule has 2 rings (SSSR count). The lowest BCUT2D eigenvalue weighted by Crippen LogP contribution is -2.51. The van der Waals surface area contributed by atoms with Crippen molar-refractivity contribution in [3.05, 3.63) is 11.8 Å². The zero-order chi connectivity index (χ0) is 15.6. The van der Waals surface area contributed by atoms with Crippen LogP contribution in [0, 0.1) is 12.3 Å². The fraction of sp³-hybridized carbons (Fsp3) is 0.615. The molecule has 0 spiro atoms. The van der Waals surface area contributed by atoms with Crippen LogP contribution in [0.2, 0.25) is 0 Å². The number of anilines is 1. The van der Waals surface area contributed by atoms with Crippen LogP contribution in [0.25, 0.3) is 0 Å². The van der Waals surface area contributed by atoms with Crippen molar-refractivity contribution in [2.45, 2.75) is 19.9 Å². The Morgan fingerprint density at radius 3 is 2.86 bits per heavy atom. The Balaban J connectivity index is 1.93. The van der Waals surface area contributed by atoms with Gasteiger partial charge in [-0.3, -0.25) is 9.59 Å². The number of ether oxygens (including phenoxy) is 1. The van der Waals surface area contributed by atoms with E-state index >= 15 is 0 Å². The number of amides is 2. The molecule has 0 aromatic carbocycles. The molecule has 0 aliphatic carbocycles. The first-order chi connectivity index (χ1) is 9.83. The third-order valence-electron chi connectivity index (χ3n) is 3.63. The highest BCUT2D eigenvalue weighted by Crippen LogP contribution is 2.29. The van der Waals surface area contributed by atoms with Crippen LogP contribution in [-0.4, -0.2) is 54.7 Å². The molecule has 0 saturated carbocycles. The van der Waals surface area contributed by atoms with Gasteiger partial charge in [0.05, 0.1) is 25.2 Å². The number of likely N-dealkylation sites (N-methyl/N-ethyl adjacent to an activating group) is 1. The number of rotatable bonds is 4. The van der Waals surface area contributed by atoms with E-state index < -0.39 is 5.41 Å². The fourth-order valence-electron chi connectivity index (χ4n) is 2.24. The van der Waals surface area contributed by atoms with Gasteiger partial charge in [-0.2, -0.15) is 0 Å². The number of aryl methyl sites for hydroxylation is 1. The third-order valence-corrected chi connectivity index (χ3v) is 3.63. The second-order valence-corrected chi connectivity index (χ2v) is 5.57. The van der Waals surface area contributed by atoms with Gasteiger partial charge in [-0.05, 0) is 13.8 Å². The molecule has 2 unspecified atom stereocenters. The highest BCUT2D eigenvalue weighted by atomic mass is 16.5. The zero-order valence-corrected chi connectivity index (χ0v) is 12.4. The summed E-state index contributed by atoms with van der Waals surface area (Å²) in [4.78, 5) is 25.7. The van der Waals surface area contributed by atoms with Crippen LogP contribution in [0.4, 0.5) is 5.82 Å². The molecule has 0 radical (unpaired) electrons. The van der Waals surface area contributed by atoms with Gasteiger partial charge in [-0.1, -0.05) is 5.16 Å². The molecule has 1 fully saturated rings. The van der Waals surface area contributed by atoms with Crippen molar-refractivity contribution >= 4 is 17.6 Å². The largest absolute Gasteiger partial charge is 0.379 e. The number of nitrogens with zero attached hydrogens (tertiary/aromatic N) is 2. The Kier molecular flexibility index (Phi) is 4.29. The minimum Gasteiger partial charge on any atom is -0.379 e. The van der Waals surface area contributed by atoms with Crippen LogP contribution in [-0.2, 0) is 14.3 Å². The predicted molar refractivity (Wildman–Crippen MR) is 74.4 cm³/mol. The van der Waals surface area contributed by atoms with E-state index in [1.807, 2.05) is 0 Å². The van der Waals surface area contributed by atoms with Gasteiger partial charge in [-0.15, -0.1) is 0 Å². The summed E-state index contributed by atoms with van der Waals surface area (Å²) >= 11 is 0. The summed E-state index contributed by atoms with van der Waals surface area (Å²) in [6, 6.07) is 1.23. The van der Waals surface area contributed by atoms with Gasteiger partial charge in [0, 0.05) is 19.2 Å². The minimum absolute atomic E-state index is 0.0902. The average molecular weight is 296 g/mol. The standard InChI is InChI=1S/C13H20N4O4/c1-8-4-10(16-21-8)15-11(18)5-17(3)12(19)13(2)7-20-6-9(13)14/h4,9H,5-7,14H2,1-3H3,(H,15,16,18). The Bertz CT molecular complexity index is 544. The molecule has 116 valence electrons. The van der Waals surface area contributed by atoms with Crippen molar-refractivity contribution in [3.63, 3.8) is 0 Å². The SMILES string of the molecule is Cc1cc(NC(=O)CN(C)C(=O)C2(C)COCC2N)no1.